The Morgan fingerprint density at radius 2 is 1.67 bits per heavy atom. The zero-order valence-electron chi connectivity index (χ0n) is 38.8. The lowest BCUT2D eigenvalue weighted by Gasteiger charge is -2.49. The monoisotopic (exact) mass is 857 g/mol. The molecule has 60 heavy (non-hydrogen) atoms. The number of fused-ring (bicyclic) bond motifs is 1. The maximum atomic E-state index is 14.7. The van der Waals surface area contributed by atoms with Crippen molar-refractivity contribution in [2.75, 3.05) is 41.4 Å². The smallest absolute Gasteiger partial charge is 0.458 e. The van der Waals surface area contributed by atoms with E-state index < -0.39 is 102 Å². The Balaban J connectivity index is 1.87. The van der Waals surface area contributed by atoms with Gasteiger partial charge in [0, 0.05) is 39.0 Å². The van der Waals surface area contributed by atoms with Crippen molar-refractivity contribution < 1.29 is 66.9 Å². The molecule has 0 amide bonds. The third kappa shape index (κ3) is 11.2. The molecule has 1 unspecified atom stereocenters. The van der Waals surface area contributed by atoms with Crippen LogP contribution in [0.15, 0.2) is 12.7 Å². The van der Waals surface area contributed by atoms with Crippen molar-refractivity contribution in [1.29, 1.82) is 0 Å². The highest BCUT2D eigenvalue weighted by Gasteiger charge is 2.58. The van der Waals surface area contributed by atoms with Gasteiger partial charge in [-0.1, -0.05) is 26.8 Å². The summed E-state index contributed by atoms with van der Waals surface area (Å²) in [5, 5.41) is 12.8. The third-order valence-electron chi connectivity index (χ3n) is 13.3. The van der Waals surface area contributed by atoms with Crippen molar-refractivity contribution >= 4 is 18.1 Å². The van der Waals surface area contributed by atoms with Gasteiger partial charge in [-0.15, -0.1) is 6.58 Å². The molecule has 0 radical (unpaired) electrons. The van der Waals surface area contributed by atoms with Gasteiger partial charge < -0.3 is 57.4 Å². The van der Waals surface area contributed by atoms with Crippen molar-refractivity contribution in [1.82, 2.24) is 9.80 Å². The number of ether oxygens (including phenoxy) is 10. The van der Waals surface area contributed by atoms with Crippen LogP contribution in [0, 0.1) is 17.8 Å². The zero-order valence-corrected chi connectivity index (χ0v) is 38.8. The van der Waals surface area contributed by atoms with Gasteiger partial charge in [0.1, 0.15) is 12.2 Å². The predicted molar refractivity (Wildman–Crippen MR) is 221 cm³/mol. The van der Waals surface area contributed by atoms with Crippen molar-refractivity contribution in [2.45, 2.75) is 192 Å². The molecule has 16 nitrogen and oxygen atoms in total. The Kier molecular flexibility index (Phi) is 17.1. The van der Waals surface area contributed by atoms with Crippen molar-refractivity contribution in [3.05, 3.63) is 12.7 Å². The van der Waals surface area contributed by atoms with Crippen molar-refractivity contribution in [2.24, 2.45) is 17.8 Å². The van der Waals surface area contributed by atoms with E-state index in [1.54, 1.807) is 34.0 Å². The Morgan fingerprint density at radius 3 is 2.25 bits per heavy atom. The molecular weight excluding hydrogens is 780 g/mol. The maximum Gasteiger partial charge on any atom is 0.509 e. The molecule has 0 aromatic rings. The minimum Gasteiger partial charge on any atom is -0.458 e. The Hall–Kier alpha value is -2.41. The van der Waals surface area contributed by atoms with Crippen LogP contribution in [0.1, 0.15) is 102 Å². The van der Waals surface area contributed by atoms with Gasteiger partial charge in [0.2, 0.25) is 0 Å². The lowest BCUT2D eigenvalue weighted by Crippen LogP contribution is -2.61. The second kappa shape index (κ2) is 20.4. The molecule has 16 heteroatoms. The zero-order chi connectivity index (χ0) is 45.1. The standard InChI is InChI=1S/C44H76N2O14/c1-17-19-52-38-29(8)54-33(22-43(38,11)51-16)57-34-26(5)36(58-40-35(55-30(9)47)31(45(13)14)20-25(4)53-40)42(10,50)21-24(3)23-46(15)28(7)37-44(12,60-41(49)59-37)32(18-2)56-39(48)27(34)6/h17,24-29,31-38,40,50H,1,18-23H2,2-16H3/t24-,25-,26+,27-,28-,29+,31+,32-,33?,34+,35-,36-,37+,38+,40+,42-,43-,44-/m1/s1. The van der Waals surface area contributed by atoms with E-state index in [0.29, 0.717) is 19.4 Å². The molecule has 0 saturated carbocycles. The highest BCUT2D eigenvalue weighted by atomic mass is 16.8. The summed E-state index contributed by atoms with van der Waals surface area (Å²) in [6.45, 7) is 24.5. The Morgan fingerprint density at radius 1 is 1.00 bits per heavy atom. The maximum absolute atomic E-state index is 14.7. The molecular formula is C44H76N2O14. The second-order valence-corrected chi connectivity index (χ2v) is 18.8. The number of rotatable bonds is 11. The number of aliphatic hydroxyl groups is 1. The molecule has 4 heterocycles. The first-order valence-corrected chi connectivity index (χ1v) is 21.7. The molecule has 4 saturated heterocycles. The van der Waals surface area contributed by atoms with E-state index in [2.05, 4.69) is 11.5 Å². The first kappa shape index (κ1) is 50.2. The molecule has 4 fully saturated rings. The van der Waals surface area contributed by atoms with E-state index in [0.717, 1.165) is 0 Å². The number of methoxy groups -OCH3 is 1. The van der Waals surface area contributed by atoms with Gasteiger partial charge in [-0.25, -0.2) is 4.79 Å². The van der Waals surface area contributed by atoms with Crippen LogP contribution >= 0.6 is 0 Å². The Bertz CT molecular complexity index is 1470. The largest absolute Gasteiger partial charge is 0.509 e. The average molecular weight is 857 g/mol. The van der Waals surface area contributed by atoms with E-state index in [1.807, 2.05) is 74.5 Å². The van der Waals surface area contributed by atoms with E-state index in [-0.39, 0.29) is 43.6 Å². The number of carbonyl (C=O) groups excluding carboxylic acids is 3. The van der Waals surface area contributed by atoms with Crippen LogP contribution in [0.25, 0.3) is 0 Å². The minimum absolute atomic E-state index is 0.140. The van der Waals surface area contributed by atoms with Gasteiger partial charge in [0.25, 0.3) is 0 Å². The summed E-state index contributed by atoms with van der Waals surface area (Å²) < 4.78 is 63.0. The molecule has 0 spiro atoms. The fourth-order valence-electron chi connectivity index (χ4n) is 10.1. The number of hydrogen-bond acceptors (Lipinski definition) is 16. The topological polar surface area (TPSA) is 170 Å². The van der Waals surface area contributed by atoms with E-state index in [9.17, 15) is 19.5 Å². The lowest BCUT2D eigenvalue weighted by molar-refractivity contribution is -0.321. The highest BCUT2D eigenvalue weighted by molar-refractivity contribution is 5.73. The number of likely N-dealkylation sites (N-methyl/N-ethyl adjacent to an activating group) is 2. The molecule has 4 aliphatic rings. The van der Waals surface area contributed by atoms with E-state index in [1.165, 1.54) is 6.92 Å². The minimum atomic E-state index is -1.58. The number of esters is 2. The molecule has 18 atom stereocenters. The van der Waals surface area contributed by atoms with Crippen LogP contribution in [-0.4, -0.2) is 165 Å². The summed E-state index contributed by atoms with van der Waals surface area (Å²) in [7, 11) is 7.35. The van der Waals surface area contributed by atoms with Crippen LogP contribution in [0.4, 0.5) is 4.79 Å². The summed E-state index contributed by atoms with van der Waals surface area (Å²) in [5.74, 6) is -3.01. The van der Waals surface area contributed by atoms with Crippen molar-refractivity contribution in [3.8, 4) is 0 Å². The summed E-state index contributed by atoms with van der Waals surface area (Å²) in [6, 6.07) is -0.626. The lowest BCUT2D eigenvalue weighted by atomic mass is 9.77. The third-order valence-corrected chi connectivity index (χ3v) is 13.3. The summed E-state index contributed by atoms with van der Waals surface area (Å²) >= 11 is 0. The van der Waals surface area contributed by atoms with Crippen LogP contribution in [0.2, 0.25) is 0 Å². The van der Waals surface area contributed by atoms with Gasteiger partial charge in [-0.2, -0.15) is 0 Å². The average Bonchev–Trinajstić information content (AvgIpc) is 3.47. The summed E-state index contributed by atoms with van der Waals surface area (Å²) in [5.41, 5.74) is -3.75. The quantitative estimate of drug-likeness (QED) is 0.170. The molecule has 1 N–H and O–H groups in total. The molecule has 0 aromatic carbocycles. The number of hydrogen-bond donors (Lipinski definition) is 1. The molecule has 346 valence electrons. The van der Waals surface area contributed by atoms with Gasteiger partial charge in [-0.3, -0.25) is 14.5 Å². The molecule has 4 rings (SSSR count). The van der Waals surface area contributed by atoms with E-state index in [4.69, 9.17) is 47.4 Å². The van der Waals surface area contributed by atoms with E-state index >= 15 is 0 Å². The number of carbonyl (C=O) groups is 3. The fourth-order valence-corrected chi connectivity index (χ4v) is 10.1. The first-order valence-electron chi connectivity index (χ1n) is 21.7. The molecule has 0 aromatic heterocycles. The Labute approximate surface area is 358 Å². The van der Waals surface area contributed by atoms with Gasteiger partial charge in [0.05, 0.1) is 54.2 Å². The summed E-state index contributed by atoms with van der Waals surface area (Å²) in [6.07, 6.45) is -5.62. The predicted octanol–water partition coefficient (Wildman–Crippen LogP) is 4.86. The molecule has 0 aliphatic carbocycles. The van der Waals surface area contributed by atoms with Gasteiger partial charge in [0.15, 0.2) is 30.4 Å². The van der Waals surface area contributed by atoms with Gasteiger partial charge in [-0.05, 0) is 94.8 Å². The SMILES string of the molecule is C=CCO[C@H]1[C@H](C)OC(O[C@H]2[C@H](C)[C@@H](O[C@@H]3O[C@H](C)C[C@H](N(C)C)[C@H]3OC(C)=O)[C@](C)(O)C[C@@H](C)CN(C)[C@H](C)[C@@H]3OC(=O)O[C@]3(C)[C@@H](CC)OC(=O)[C@@H]2C)C[C@@]1(C)OC. The molecule has 4 aliphatic heterocycles. The second-order valence-electron chi connectivity index (χ2n) is 18.8. The van der Waals surface area contributed by atoms with Crippen LogP contribution in [0.3, 0.4) is 0 Å². The van der Waals surface area contributed by atoms with Crippen LogP contribution < -0.4 is 0 Å². The number of cyclic esters (lactones) is 1. The normalized spacial score (nSPS) is 45.0. The van der Waals surface area contributed by atoms with Crippen LogP contribution in [0.5, 0.6) is 0 Å². The van der Waals surface area contributed by atoms with Gasteiger partial charge >= 0.3 is 18.1 Å². The van der Waals surface area contributed by atoms with Crippen LogP contribution in [-0.2, 0) is 57.0 Å². The molecule has 0 bridgehead atoms. The highest BCUT2D eigenvalue weighted by Crippen LogP contribution is 2.42. The first-order chi connectivity index (χ1) is 27.9. The number of nitrogens with zero attached hydrogens (tertiary/aromatic N) is 2. The fraction of sp³-hybridized carbons (Fsp3) is 0.886. The summed E-state index contributed by atoms with van der Waals surface area (Å²) in [4.78, 5) is 44.1. The van der Waals surface area contributed by atoms with Crippen molar-refractivity contribution in [3.63, 3.8) is 0 Å².